The minimum absolute atomic E-state index is 0.0879. The van der Waals surface area contributed by atoms with Crippen molar-refractivity contribution < 1.29 is 13.5 Å². The van der Waals surface area contributed by atoms with Crippen LogP contribution >= 0.6 is 11.6 Å². The van der Waals surface area contributed by atoms with Crippen LogP contribution in [0.5, 0.6) is 5.75 Å². The van der Waals surface area contributed by atoms with E-state index in [4.69, 9.17) is 22.1 Å². The Bertz CT molecular complexity index is 675. The van der Waals surface area contributed by atoms with Gasteiger partial charge in [0.15, 0.2) is 11.6 Å². The van der Waals surface area contributed by atoms with Gasteiger partial charge in [0.25, 0.3) is 0 Å². The van der Waals surface area contributed by atoms with Crippen LogP contribution in [-0.4, -0.2) is 6.61 Å². The Hall–Kier alpha value is -1.65. The lowest BCUT2D eigenvalue weighted by molar-refractivity contribution is 0.352. The van der Waals surface area contributed by atoms with Crippen LogP contribution in [0.4, 0.5) is 8.78 Å². The van der Waals surface area contributed by atoms with E-state index in [-0.39, 0.29) is 5.56 Å². The molecule has 2 aromatic carbocycles. The minimum atomic E-state index is -0.938. The van der Waals surface area contributed by atoms with Gasteiger partial charge in [-0.15, -0.1) is 0 Å². The van der Waals surface area contributed by atoms with Crippen LogP contribution in [0.15, 0.2) is 30.3 Å². The van der Waals surface area contributed by atoms with Gasteiger partial charge < -0.3 is 10.5 Å². The number of halogens is 3. The zero-order valence-electron chi connectivity index (χ0n) is 10.5. The lowest BCUT2D eigenvalue weighted by Crippen LogP contribution is -2.15. The van der Waals surface area contributed by atoms with Crippen molar-refractivity contribution in [2.45, 2.75) is 12.5 Å². The first-order chi connectivity index (χ1) is 9.58. The predicted octanol–water partition coefficient (Wildman–Crippen LogP) is 3.60. The monoisotopic (exact) mass is 295 g/mol. The highest BCUT2D eigenvalue weighted by Gasteiger charge is 2.24. The number of rotatable bonds is 2. The summed E-state index contributed by atoms with van der Waals surface area (Å²) in [6.45, 7) is 0.543. The topological polar surface area (TPSA) is 35.2 Å². The molecule has 0 aromatic heterocycles. The number of ether oxygens (including phenoxy) is 1. The molecular formula is C15H12ClF2NO. The molecule has 1 heterocycles. The van der Waals surface area contributed by atoms with Crippen molar-refractivity contribution >= 4 is 11.6 Å². The van der Waals surface area contributed by atoms with Crippen molar-refractivity contribution in [2.75, 3.05) is 6.61 Å². The van der Waals surface area contributed by atoms with E-state index < -0.39 is 17.7 Å². The van der Waals surface area contributed by atoms with E-state index in [1.807, 2.05) is 6.07 Å². The molecule has 0 spiro atoms. The third-order valence-electron chi connectivity index (χ3n) is 3.43. The Balaban J connectivity index is 2.11. The van der Waals surface area contributed by atoms with E-state index in [0.717, 1.165) is 18.1 Å². The molecular weight excluding hydrogens is 284 g/mol. The third-order valence-corrected chi connectivity index (χ3v) is 3.65. The molecule has 0 radical (unpaired) electrons. The predicted molar refractivity (Wildman–Crippen MR) is 73.0 cm³/mol. The molecule has 104 valence electrons. The first kappa shape index (κ1) is 13.3. The summed E-state index contributed by atoms with van der Waals surface area (Å²) in [4.78, 5) is 0. The van der Waals surface area contributed by atoms with Gasteiger partial charge in [0.05, 0.1) is 12.6 Å². The molecule has 0 aliphatic carbocycles. The molecule has 0 amide bonds. The summed E-state index contributed by atoms with van der Waals surface area (Å²) < 4.78 is 32.7. The summed E-state index contributed by atoms with van der Waals surface area (Å²) in [5.41, 5.74) is 7.69. The highest BCUT2D eigenvalue weighted by atomic mass is 35.5. The van der Waals surface area contributed by atoms with Crippen LogP contribution in [0.1, 0.15) is 22.7 Å². The minimum Gasteiger partial charge on any atom is -0.493 e. The second kappa shape index (κ2) is 5.04. The Morgan fingerprint density at radius 2 is 2.00 bits per heavy atom. The number of hydrogen-bond acceptors (Lipinski definition) is 2. The molecule has 1 atom stereocenters. The van der Waals surface area contributed by atoms with Gasteiger partial charge in [0.2, 0.25) is 0 Å². The molecule has 5 heteroatoms. The normalized spacial score (nSPS) is 14.8. The molecule has 20 heavy (non-hydrogen) atoms. The summed E-state index contributed by atoms with van der Waals surface area (Å²) in [6, 6.07) is 6.58. The Labute approximate surface area is 120 Å². The van der Waals surface area contributed by atoms with Gasteiger partial charge in [-0.05, 0) is 23.8 Å². The molecule has 0 bridgehead atoms. The summed E-state index contributed by atoms with van der Waals surface area (Å²) in [7, 11) is 0. The second-order valence-electron chi connectivity index (χ2n) is 4.70. The first-order valence-corrected chi connectivity index (χ1v) is 6.60. The van der Waals surface area contributed by atoms with Gasteiger partial charge in [0.1, 0.15) is 5.75 Å². The van der Waals surface area contributed by atoms with Gasteiger partial charge >= 0.3 is 0 Å². The van der Waals surface area contributed by atoms with Gasteiger partial charge in [-0.25, -0.2) is 8.78 Å². The molecule has 2 nitrogen and oxygen atoms in total. The largest absolute Gasteiger partial charge is 0.493 e. The average Bonchev–Trinajstić information content (AvgIpc) is 2.88. The fourth-order valence-corrected chi connectivity index (χ4v) is 2.71. The Kier molecular flexibility index (Phi) is 3.36. The molecule has 2 N–H and O–H groups in total. The van der Waals surface area contributed by atoms with Crippen LogP contribution in [0.25, 0.3) is 0 Å². The number of fused-ring (bicyclic) bond motifs is 1. The highest BCUT2D eigenvalue weighted by Crippen LogP contribution is 2.38. The van der Waals surface area contributed by atoms with Crippen molar-refractivity contribution in [1.29, 1.82) is 0 Å². The quantitative estimate of drug-likeness (QED) is 0.919. The van der Waals surface area contributed by atoms with Crippen molar-refractivity contribution in [3.05, 3.63) is 63.7 Å². The summed E-state index contributed by atoms with van der Waals surface area (Å²) in [5, 5.41) is 0.511. The number of nitrogens with two attached hydrogens (primary N) is 1. The van der Waals surface area contributed by atoms with Crippen molar-refractivity contribution in [3.8, 4) is 5.75 Å². The van der Waals surface area contributed by atoms with E-state index in [9.17, 15) is 8.78 Å². The molecule has 2 aromatic rings. The molecule has 0 saturated heterocycles. The van der Waals surface area contributed by atoms with Gasteiger partial charge in [-0.2, -0.15) is 0 Å². The number of benzene rings is 2. The maximum absolute atomic E-state index is 13.9. The summed E-state index contributed by atoms with van der Waals surface area (Å²) >= 11 is 6.05. The van der Waals surface area contributed by atoms with Gasteiger partial charge in [0, 0.05) is 22.6 Å². The molecule has 1 aliphatic heterocycles. The zero-order valence-corrected chi connectivity index (χ0v) is 11.3. The van der Waals surface area contributed by atoms with Gasteiger partial charge in [-0.3, -0.25) is 0 Å². The van der Waals surface area contributed by atoms with Crippen LogP contribution < -0.4 is 10.5 Å². The van der Waals surface area contributed by atoms with Crippen LogP contribution in [0.3, 0.4) is 0 Å². The Morgan fingerprint density at radius 1 is 1.20 bits per heavy atom. The highest BCUT2D eigenvalue weighted by molar-refractivity contribution is 6.30. The van der Waals surface area contributed by atoms with Crippen LogP contribution in [0, 0.1) is 11.6 Å². The van der Waals surface area contributed by atoms with E-state index in [1.165, 1.54) is 12.1 Å². The molecule has 1 aliphatic rings. The fraction of sp³-hybridized carbons (Fsp3) is 0.200. The SMILES string of the molecule is NC(c1cccc(F)c1F)c1cc(Cl)cc2c1OCC2. The zero-order chi connectivity index (χ0) is 14.3. The van der Waals surface area contributed by atoms with E-state index >= 15 is 0 Å². The molecule has 0 saturated carbocycles. The van der Waals surface area contributed by atoms with Crippen molar-refractivity contribution in [3.63, 3.8) is 0 Å². The fourth-order valence-electron chi connectivity index (χ4n) is 2.46. The maximum atomic E-state index is 13.9. The first-order valence-electron chi connectivity index (χ1n) is 6.22. The molecule has 1 unspecified atom stereocenters. The maximum Gasteiger partial charge on any atom is 0.163 e. The van der Waals surface area contributed by atoms with E-state index in [2.05, 4.69) is 0 Å². The second-order valence-corrected chi connectivity index (χ2v) is 5.14. The van der Waals surface area contributed by atoms with Gasteiger partial charge in [-0.1, -0.05) is 23.7 Å². The number of hydrogen-bond donors (Lipinski definition) is 1. The summed E-state index contributed by atoms with van der Waals surface area (Å²) in [6.07, 6.45) is 0.737. The van der Waals surface area contributed by atoms with E-state index in [0.29, 0.717) is 22.9 Å². The smallest absolute Gasteiger partial charge is 0.163 e. The average molecular weight is 296 g/mol. The molecule has 3 rings (SSSR count). The lowest BCUT2D eigenvalue weighted by atomic mass is 9.96. The van der Waals surface area contributed by atoms with Crippen LogP contribution in [0.2, 0.25) is 5.02 Å². The third kappa shape index (κ3) is 2.15. The molecule has 0 fully saturated rings. The Morgan fingerprint density at radius 3 is 2.80 bits per heavy atom. The lowest BCUT2D eigenvalue weighted by Gasteiger charge is -2.17. The van der Waals surface area contributed by atoms with Crippen molar-refractivity contribution in [1.82, 2.24) is 0 Å². The summed E-state index contributed by atoms with van der Waals surface area (Å²) in [5.74, 6) is -1.23. The van der Waals surface area contributed by atoms with E-state index in [1.54, 1.807) is 6.07 Å². The van der Waals surface area contributed by atoms with Crippen LogP contribution in [-0.2, 0) is 6.42 Å². The standard InChI is InChI=1S/C15H12ClF2NO/c16-9-6-8-4-5-20-15(8)11(7-9)14(19)10-2-1-3-12(17)13(10)18/h1-3,6-7,14H,4-5,19H2. The van der Waals surface area contributed by atoms with Crippen molar-refractivity contribution in [2.24, 2.45) is 5.73 Å².